The summed E-state index contributed by atoms with van der Waals surface area (Å²) in [4.78, 5) is 0. The smallest absolute Gasteiger partial charge is 0.123 e. The van der Waals surface area contributed by atoms with E-state index in [4.69, 9.17) is 0 Å². The van der Waals surface area contributed by atoms with Crippen LogP contribution < -0.4 is 5.32 Å². The molecule has 0 heterocycles. The molecular weight excluding hydrogens is 281 g/mol. The molecule has 1 N–H and O–H groups in total. The molecule has 0 unspecified atom stereocenters. The first-order chi connectivity index (χ1) is 8.09. The Bertz CT molecular complexity index is 386. The molecule has 0 saturated heterocycles. The summed E-state index contributed by atoms with van der Waals surface area (Å²) in [6.45, 7) is 4.09. The Morgan fingerprint density at radius 3 is 2.76 bits per heavy atom. The van der Waals surface area contributed by atoms with Gasteiger partial charge in [-0.15, -0.1) is 0 Å². The summed E-state index contributed by atoms with van der Waals surface area (Å²) in [5.41, 5.74) is 1.44. The summed E-state index contributed by atoms with van der Waals surface area (Å²) >= 11 is 3.45. The van der Waals surface area contributed by atoms with Crippen molar-refractivity contribution in [1.82, 2.24) is 5.32 Å². The molecule has 1 aliphatic rings. The lowest BCUT2D eigenvalue weighted by atomic mass is 9.89. The molecule has 94 valence electrons. The molecule has 0 spiro atoms. The summed E-state index contributed by atoms with van der Waals surface area (Å²) in [5, 5.41) is 3.46. The van der Waals surface area contributed by atoms with E-state index in [0.29, 0.717) is 5.41 Å². The standard InChI is InChI=1S/C14H19BrFN/c1-14(6-2-3-7-14)10-17-9-11-8-12(16)4-5-13(11)15/h4-5,8,17H,2-3,6-7,9-10H2,1H3. The van der Waals surface area contributed by atoms with Crippen molar-refractivity contribution in [2.75, 3.05) is 6.54 Å². The average molecular weight is 300 g/mol. The molecule has 1 aromatic rings. The van der Waals surface area contributed by atoms with Gasteiger partial charge in [-0.2, -0.15) is 0 Å². The van der Waals surface area contributed by atoms with Gasteiger partial charge in [0.25, 0.3) is 0 Å². The van der Waals surface area contributed by atoms with Crippen LogP contribution in [-0.4, -0.2) is 6.54 Å². The van der Waals surface area contributed by atoms with Crippen LogP contribution in [0.25, 0.3) is 0 Å². The van der Waals surface area contributed by atoms with Crippen molar-refractivity contribution in [3.63, 3.8) is 0 Å². The maximum Gasteiger partial charge on any atom is 0.123 e. The van der Waals surface area contributed by atoms with Gasteiger partial charge in [0.1, 0.15) is 5.82 Å². The van der Waals surface area contributed by atoms with Crippen LogP contribution in [0.5, 0.6) is 0 Å². The van der Waals surface area contributed by atoms with Gasteiger partial charge in [-0.1, -0.05) is 35.7 Å². The predicted octanol–water partition coefficient (Wildman–Crippen LogP) is 4.26. The third kappa shape index (κ3) is 3.52. The Morgan fingerprint density at radius 2 is 2.06 bits per heavy atom. The molecule has 0 atom stereocenters. The largest absolute Gasteiger partial charge is 0.312 e. The summed E-state index contributed by atoms with van der Waals surface area (Å²) < 4.78 is 14.1. The first-order valence-electron chi connectivity index (χ1n) is 6.24. The monoisotopic (exact) mass is 299 g/mol. The van der Waals surface area contributed by atoms with E-state index in [-0.39, 0.29) is 5.82 Å². The lowest BCUT2D eigenvalue weighted by Gasteiger charge is -2.24. The highest BCUT2D eigenvalue weighted by Gasteiger charge is 2.27. The summed E-state index contributed by atoms with van der Waals surface area (Å²) in [6.07, 6.45) is 5.32. The average Bonchev–Trinajstić information content (AvgIpc) is 2.71. The first kappa shape index (κ1) is 13.0. The molecule has 2 rings (SSSR count). The molecule has 1 aliphatic carbocycles. The molecule has 1 saturated carbocycles. The lowest BCUT2D eigenvalue weighted by molar-refractivity contribution is 0.314. The molecule has 0 radical (unpaired) electrons. The number of halogens is 2. The van der Waals surface area contributed by atoms with E-state index in [1.54, 1.807) is 12.1 Å². The zero-order chi connectivity index (χ0) is 12.3. The second-order valence-corrected chi connectivity index (χ2v) is 6.21. The van der Waals surface area contributed by atoms with Crippen molar-refractivity contribution < 1.29 is 4.39 Å². The third-order valence-corrected chi connectivity index (χ3v) is 4.46. The molecule has 0 bridgehead atoms. The van der Waals surface area contributed by atoms with Crippen molar-refractivity contribution in [1.29, 1.82) is 0 Å². The normalized spacial score (nSPS) is 18.5. The Hall–Kier alpha value is -0.410. The quantitative estimate of drug-likeness (QED) is 0.876. The highest BCUT2D eigenvalue weighted by Crippen LogP contribution is 2.36. The minimum atomic E-state index is -0.169. The SMILES string of the molecule is CC1(CNCc2cc(F)ccc2Br)CCCC1. The molecule has 0 amide bonds. The van der Waals surface area contributed by atoms with E-state index < -0.39 is 0 Å². The van der Waals surface area contributed by atoms with E-state index in [1.165, 1.54) is 31.7 Å². The maximum absolute atomic E-state index is 13.1. The van der Waals surface area contributed by atoms with Crippen LogP contribution in [-0.2, 0) is 6.54 Å². The van der Waals surface area contributed by atoms with Crippen molar-refractivity contribution >= 4 is 15.9 Å². The fraction of sp³-hybridized carbons (Fsp3) is 0.571. The van der Waals surface area contributed by atoms with Crippen LogP contribution in [0.2, 0.25) is 0 Å². The Morgan fingerprint density at radius 1 is 1.35 bits per heavy atom. The van der Waals surface area contributed by atoms with Crippen molar-refractivity contribution in [3.8, 4) is 0 Å². The molecule has 1 fully saturated rings. The highest BCUT2D eigenvalue weighted by atomic mass is 79.9. The van der Waals surface area contributed by atoms with Gasteiger partial charge in [-0.05, 0) is 42.0 Å². The highest BCUT2D eigenvalue weighted by molar-refractivity contribution is 9.10. The van der Waals surface area contributed by atoms with E-state index in [1.807, 2.05) is 0 Å². The van der Waals surface area contributed by atoms with E-state index in [9.17, 15) is 4.39 Å². The van der Waals surface area contributed by atoms with Crippen LogP contribution in [0.3, 0.4) is 0 Å². The van der Waals surface area contributed by atoms with Crippen molar-refractivity contribution in [2.45, 2.75) is 39.2 Å². The molecule has 17 heavy (non-hydrogen) atoms. The van der Waals surface area contributed by atoms with Crippen molar-refractivity contribution in [3.05, 3.63) is 34.1 Å². The molecule has 0 aromatic heterocycles. The van der Waals surface area contributed by atoms with Crippen LogP contribution in [0.15, 0.2) is 22.7 Å². The molecule has 1 aromatic carbocycles. The van der Waals surface area contributed by atoms with Gasteiger partial charge in [-0.25, -0.2) is 4.39 Å². The number of nitrogens with one attached hydrogen (secondary N) is 1. The number of hydrogen-bond donors (Lipinski definition) is 1. The van der Waals surface area contributed by atoms with Gasteiger partial charge in [0, 0.05) is 17.6 Å². The zero-order valence-corrected chi connectivity index (χ0v) is 11.8. The van der Waals surface area contributed by atoms with Gasteiger partial charge in [0.15, 0.2) is 0 Å². The third-order valence-electron chi connectivity index (χ3n) is 3.69. The van der Waals surface area contributed by atoms with Crippen molar-refractivity contribution in [2.24, 2.45) is 5.41 Å². The van der Waals surface area contributed by atoms with Gasteiger partial charge in [-0.3, -0.25) is 0 Å². The second kappa shape index (κ2) is 5.49. The van der Waals surface area contributed by atoms with Crippen LogP contribution in [0, 0.1) is 11.2 Å². The fourth-order valence-electron chi connectivity index (χ4n) is 2.58. The minimum absolute atomic E-state index is 0.169. The summed E-state index contributed by atoms with van der Waals surface area (Å²) in [7, 11) is 0. The zero-order valence-electron chi connectivity index (χ0n) is 10.2. The number of benzene rings is 1. The van der Waals surface area contributed by atoms with Crippen LogP contribution in [0.1, 0.15) is 38.2 Å². The van der Waals surface area contributed by atoms with Gasteiger partial charge < -0.3 is 5.32 Å². The predicted molar refractivity (Wildman–Crippen MR) is 72.4 cm³/mol. The molecule has 1 nitrogen and oxygen atoms in total. The topological polar surface area (TPSA) is 12.0 Å². The molecule has 0 aliphatic heterocycles. The number of hydrogen-bond acceptors (Lipinski definition) is 1. The Balaban J connectivity index is 1.87. The van der Waals surface area contributed by atoms with Gasteiger partial charge >= 0.3 is 0 Å². The van der Waals surface area contributed by atoms with E-state index in [0.717, 1.165) is 23.1 Å². The van der Waals surface area contributed by atoms with Gasteiger partial charge in [0.2, 0.25) is 0 Å². The Kier molecular flexibility index (Phi) is 4.21. The fourth-order valence-corrected chi connectivity index (χ4v) is 2.97. The number of rotatable bonds is 4. The van der Waals surface area contributed by atoms with Crippen LogP contribution in [0.4, 0.5) is 4.39 Å². The maximum atomic E-state index is 13.1. The first-order valence-corrected chi connectivity index (χ1v) is 7.03. The van der Waals surface area contributed by atoms with Gasteiger partial charge in [0.05, 0.1) is 0 Å². The molecule has 3 heteroatoms. The summed E-state index contributed by atoms with van der Waals surface area (Å²) in [6, 6.07) is 4.84. The van der Waals surface area contributed by atoms with E-state index >= 15 is 0 Å². The summed E-state index contributed by atoms with van der Waals surface area (Å²) in [5.74, 6) is -0.169. The van der Waals surface area contributed by atoms with Crippen LogP contribution >= 0.6 is 15.9 Å². The Labute approximate surface area is 111 Å². The second-order valence-electron chi connectivity index (χ2n) is 5.36. The molecular formula is C14H19BrFN. The minimum Gasteiger partial charge on any atom is -0.312 e. The van der Waals surface area contributed by atoms with E-state index in [2.05, 4.69) is 28.2 Å². The lowest BCUT2D eigenvalue weighted by Crippen LogP contribution is -2.29.